The van der Waals surface area contributed by atoms with Crippen LogP contribution in [0.5, 0.6) is 0 Å². The van der Waals surface area contributed by atoms with Gasteiger partial charge in [0.1, 0.15) is 0 Å². The minimum atomic E-state index is -4.25. The SMILES string of the molecule is C=CCNCC(=O)NC(C)CC(F)(F)F. The molecule has 0 fully saturated rings. The van der Waals surface area contributed by atoms with Crippen LogP contribution in [0.15, 0.2) is 12.7 Å². The Hall–Kier alpha value is -1.04. The van der Waals surface area contributed by atoms with Crippen LogP contribution < -0.4 is 10.6 Å². The number of halogens is 3. The van der Waals surface area contributed by atoms with E-state index in [9.17, 15) is 18.0 Å². The van der Waals surface area contributed by atoms with Gasteiger partial charge in [0.25, 0.3) is 0 Å². The summed E-state index contributed by atoms with van der Waals surface area (Å²) in [5.74, 6) is -0.450. The zero-order valence-electron chi connectivity index (χ0n) is 8.53. The molecule has 0 aliphatic rings. The number of carbonyl (C=O) groups excluding carboxylic acids is 1. The largest absolute Gasteiger partial charge is 0.391 e. The predicted molar refractivity (Wildman–Crippen MR) is 51.3 cm³/mol. The predicted octanol–water partition coefficient (Wildman–Crippen LogP) is 1.22. The maximum Gasteiger partial charge on any atom is 0.391 e. The number of rotatable bonds is 6. The molecule has 0 aliphatic heterocycles. The first-order chi connectivity index (χ1) is 6.85. The summed E-state index contributed by atoms with van der Waals surface area (Å²) in [5.41, 5.74) is 0. The van der Waals surface area contributed by atoms with Crippen LogP contribution >= 0.6 is 0 Å². The quantitative estimate of drug-likeness (QED) is 0.526. The number of nitrogens with one attached hydrogen (secondary N) is 2. The third-order valence-corrected chi connectivity index (χ3v) is 1.52. The van der Waals surface area contributed by atoms with Gasteiger partial charge < -0.3 is 10.6 Å². The van der Waals surface area contributed by atoms with Crippen molar-refractivity contribution in [3.63, 3.8) is 0 Å². The van der Waals surface area contributed by atoms with E-state index >= 15 is 0 Å². The van der Waals surface area contributed by atoms with E-state index in [2.05, 4.69) is 17.2 Å². The molecule has 15 heavy (non-hydrogen) atoms. The summed E-state index contributed by atoms with van der Waals surface area (Å²) in [6.07, 6.45) is -3.70. The van der Waals surface area contributed by atoms with Crippen molar-refractivity contribution in [2.24, 2.45) is 0 Å². The van der Waals surface area contributed by atoms with Gasteiger partial charge in [0.2, 0.25) is 5.91 Å². The van der Waals surface area contributed by atoms with Crippen molar-refractivity contribution >= 4 is 5.91 Å². The van der Waals surface area contributed by atoms with Gasteiger partial charge in [-0.3, -0.25) is 4.79 Å². The van der Waals surface area contributed by atoms with E-state index in [4.69, 9.17) is 0 Å². The summed E-state index contributed by atoms with van der Waals surface area (Å²) in [6.45, 7) is 5.18. The normalized spacial score (nSPS) is 13.3. The molecule has 2 N–H and O–H groups in total. The highest BCUT2D eigenvalue weighted by molar-refractivity contribution is 5.78. The van der Waals surface area contributed by atoms with E-state index in [0.717, 1.165) is 0 Å². The lowest BCUT2D eigenvalue weighted by molar-refractivity contribution is -0.141. The van der Waals surface area contributed by atoms with Gasteiger partial charge in [0.15, 0.2) is 0 Å². The minimum Gasteiger partial charge on any atom is -0.352 e. The summed E-state index contributed by atoms with van der Waals surface area (Å²) >= 11 is 0. The molecule has 3 nitrogen and oxygen atoms in total. The summed E-state index contributed by atoms with van der Waals surface area (Å²) in [4.78, 5) is 11.0. The molecule has 0 heterocycles. The first kappa shape index (κ1) is 14.0. The van der Waals surface area contributed by atoms with Crippen LogP contribution in [0, 0.1) is 0 Å². The van der Waals surface area contributed by atoms with Crippen LogP contribution in [-0.4, -0.2) is 31.2 Å². The molecule has 0 aromatic rings. The van der Waals surface area contributed by atoms with Crippen molar-refractivity contribution in [1.82, 2.24) is 10.6 Å². The maximum atomic E-state index is 11.9. The van der Waals surface area contributed by atoms with Crippen molar-refractivity contribution in [2.45, 2.75) is 25.6 Å². The van der Waals surface area contributed by atoms with Crippen LogP contribution in [0.4, 0.5) is 13.2 Å². The Kier molecular flexibility index (Phi) is 6.00. The Bertz CT molecular complexity index is 216. The van der Waals surface area contributed by atoms with Crippen molar-refractivity contribution in [2.75, 3.05) is 13.1 Å². The van der Waals surface area contributed by atoms with Gasteiger partial charge in [-0.05, 0) is 6.92 Å². The van der Waals surface area contributed by atoms with Gasteiger partial charge in [-0.2, -0.15) is 13.2 Å². The fraction of sp³-hybridized carbons (Fsp3) is 0.667. The Labute approximate surface area is 86.7 Å². The average molecular weight is 224 g/mol. The van der Waals surface area contributed by atoms with E-state index in [0.29, 0.717) is 6.54 Å². The minimum absolute atomic E-state index is 0.00574. The Morgan fingerprint density at radius 2 is 2.13 bits per heavy atom. The number of amides is 1. The third-order valence-electron chi connectivity index (χ3n) is 1.52. The van der Waals surface area contributed by atoms with Crippen LogP contribution in [0.2, 0.25) is 0 Å². The average Bonchev–Trinajstić information content (AvgIpc) is 2.00. The molecule has 1 amide bonds. The zero-order chi connectivity index (χ0) is 11.9. The highest BCUT2D eigenvalue weighted by Crippen LogP contribution is 2.21. The highest BCUT2D eigenvalue weighted by Gasteiger charge is 2.30. The standard InChI is InChI=1S/C9H15F3N2O/c1-3-4-13-6-8(15)14-7(2)5-9(10,11)12/h3,7,13H,1,4-6H2,2H3,(H,14,15). The molecule has 0 aromatic carbocycles. The number of hydrogen-bond donors (Lipinski definition) is 2. The Morgan fingerprint density at radius 3 is 2.60 bits per heavy atom. The van der Waals surface area contributed by atoms with Crippen molar-refractivity contribution in [3.8, 4) is 0 Å². The molecule has 1 atom stereocenters. The molecule has 88 valence electrons. The van der Waals surface area contributed by atoms with Crippen molar-refractivity contribution in [3.05, 3.63) is 12.7 Å². The molecular formula is C9H15F3N2O. The van der Waals surface area contributed by atoms with Gasteiger partial charge in [-0.15, -0.1) is 6.58 Å². The van der Waals surface area contributed by atoms with Gasteiger partial charge >= 0.3 is 6.18 Å². The third kappa shape index (κ3) is 9.27. The second-order valence-corrected chi connectivity index (χ2v) is 3.21. The first-order valence-electron chi connectivity index (χ1n) is 4.53. The van der Waals surface area contributed by atoms with Gasteiger partial charge in [0.05, 0.1) is 13.0 Å². The molecular weight excluding hydrogens is 209 g/mol. The van der Waals surface area contributed by atoms with Crippen molar-refractivity contribution < 1.29 is 18.0 Å². The number of alkyl halides is 3. The van der Waals surface area contributed by atoms with E-state index < -0.39 is 24.5 Å². The second kappa shape index (κ2) is 6.44. The molecule has 0 aromatic heterocycles. The molecule has 0 saturated heterocycles. The van der Waals surface area contributed by atoms with E-state index in [1.54, 1.807) is 6.08 Å². The lowest BCUT2D eigenvalue weighted by atomic mass is 10.2. The van der Waals surface area contributed by atoms with E-state index in [1.807, 2.05) is 0 Å². The molecule has 0 radical (unpaired) electrons. The van der Waals surface area contributed by atoms with Gasteiger partial charge in [-0.25, -0.2) is 0 Å². The van der Waals surface area contributed by atoms with E-state index in [1.165, 1.54) is 6.92 Å². The molecule has 0 bridgehead atoms. The monoisotopic (exact) mass is 224 g/mol. The zero-order valence-corrected chi connectivity index (χ0v) is 8.53. The van der Waals surface area contributed by atoms with Gasteiger partial charge in [0, 0.05) is 12.6 Å². The highest BCUT2D eigenvalue weighted by atomic mass is 19.4. The smallest absolute Gasteiger partial charge is 0.352 e. The molecule has 0 saturated carbocycles. The Balaban J connectivity index is 3.71. The molecule has 1 unspecified atom stereocenters. The van der Waals surface area contributed by atoms with Crippen molar-refractivity contribution in [1.29, 1.82) is 0 Å². The molecule has 0 spiro atoms. The van der Waals surface area contributed by atoms with Gasteiger partial charge in [-0.1, -0.05) is 6.08 Å². The second-order valence-electron chi connectivity index (χ2n) is 3.21. The summed E-state index contributed by atoms with van der Waals surface area (Å²) < 4.78 is 35.6. The molecule has 0 rings (SSSR count). The summed E-state index contributed by atoms with van der Waals surface area (Å²) in [7, 11) is 0. The van der Waals surface area contributed by atoms with Crippen LogP contribution in [0.3, 0.4) is 0 Å². The van der Waals surface area contributed by atoms with Crippen LogP contribution in [0.1, 0.15) is 13.3 Å². The molecule has 0 aliphatic carbocycles. The van der Waals surface area contributed by atoms with Crippen LogP contribution in [-0.2, 0) is 4.79 Å². The lowest BCUT2D eigenvalue weighted by Crippen LogP contribution is -2.40. The lowest BCUT2D eigenvalue weighted by Gasteiger charge is -2.15. The number of carbonyl (C=O) groups is 1. The number of hydrogen-bond acceptors (Lipinski definition) is 2. The Morgan fingerprint density at radius 1 is 1.53 bits per heavy atom. The summed E-state index contributed by atoms with van der Waals surface area (Å²) in [6, 6.07) is -0.900. The topological polar surface area (TPSA) is 41.1 Å². The van der Waals surface area contributed by atoms with Crippen LogP contribution in [0.25, 0.3) is 0 Å². The fourth-order valence-electron chi connectivity index (χ4n) is 1.01. The molecule has 6 heteroatoms. The first-order valence-corrected chi connectivity index (χ1v) is 4.53. The summed E-state index contributed by atoms with van der Waals surface area (Å²) in [5, 5.41) is 4.93. The van der Waals surface area contributed by atoms with E-state index in [-0.39, 0.29) is 6.54 Å². The maximum absolute atomic E-state index is 11.9. The fourth-order valence-corrected chi connectivity index (χ4v) is 1.01.